The van der Waals surface area contributed by atoms with Gasteiger partial charge in [0.15, 0.2) is 17.3 Å². The minimum Gasteiger partial charge on any atom is -0.492 e. The summed E-state index contributed by atoms with van der Waals surface area (Å²) in [5, 5.41) is 12.1. The number of nitrogens with zero attached hydrogens (tertiary/aromatic N) is 4. The summed E-state index contributed by atoms with van der Waals surface area (Å²) in [7, 11) is 1.50. The zero-order valence-corrected chi connectivity index (χ0v) is 39.9. The molecule has 0 saturated heterocycles. The number of fused-ring (bicyclic) bond motifs is 5. The molecule has 5 rings (SSSR count). The number of rotatable bonds is 19. The van der Waals surface area contributed by atoms with Crippen molar-refractivity contribution in [1.29, 1.82) is 5.26 Å². The van der Waals surface area contributed by atoms with Gasteiger partial charge in [-0.2, -0.15) is 5.26 Å². The molecule has 0 saturated carbocycles. The van der Waals surface area contributed by atoms with E-state index in [1.54, 1.807) is 51.1 Å². The molecule has 15 heteroatoms. The summed E-state index contributed by atoms with van der Waals surface area (Å²) in [4.78, 5) is 81.5. The fourth-order valence-electron chi connectivity index (χ4n) is 8.41. The van der Waals surface area contributed by atoms with Gasteiger partial charge in [-0.15, -0.1) is 0 Å². The van der Waals surface area contributed by atoms with Crippen molar-refractivity contribution in [2.75, 3.05) is 39.9 Å². The first kappa shape index (κ1) is 52.2. The van der Waals surface area contributed by atoms with Crippen molar-refractivity contribution in [1.82, 2.24) is 20.2 Å². The number of carbonyl (C=O) groups is 5. The molecule has 0 spiro atoms. The summed E-state index contributed by atoms with van der Waals surface area (Å²) in [6, 6.07) is 18.3. The monoisotopic (exact) mass is 924 g/mol. The van der Waals surface area contributed by atoms with E-state index in [9.17, 15) is 29.2 Å². The Hall–Kier alpha value is -6.78. The summed E-state index contributed by atoms with van der Waals surface area (Å²) in [6.45, 7) is 7.98. The molecular formula is C53H64N8O7. The van der Waals surface area contributed by atoms with Crippen LogP contribution < -0.4 is 32.0 Å². The molecule has 15 nitrogen and oxygen atoms in total. The highest BCUT2D eigenvalue weighted by Gasteiger charge is 2.36. The van der Waals surface area contributed by atoms with Crippen LogP contribution in [0.2, 0.25) is 0 Å². The molecule has 2 heterocycles. The van der Waals surface area contributed by atoms with E-state index in [1.807, 2.05) is 24.3 Å². The number of ketones is 3. The Kier molecular flexibility index (Phi) is 19.5. The normalized spacial score (nSPS) is 16.2. The van der Waals surface area contributed by atoms with Crippen LogP contribution in [0, 0.1) is 48.9 Å². The second kappa shape index (κ2) is 25.4. The van der Waals surface area contributed by atoms with Crippen molar-refractivity contribution in [2.24, 2.45) is 29.0 Å². The largest absolute Gasteiger partial charge is 0.492 e. The fraction of sp³-hybridized carbons (Fsp3) is 0.434. The lowest BCUT2D eigenvalue weighted by molar-refractivity contribution is -0.142. The van der Waals surface area contributed by atoms with E-state index in [-0.39, 0.29) is 94.3 Å². The van der Waals surface area contributed by atoms with Crippen molar-refractivity contribution < 1.29 is 33.4 Å². The van der Waals surface area contributed by atoms with Gasteiger partial charge in [0.05, 0.1) is 29.1 Å². The third-order valence-corrected chi connectivity index (χ3v) is 12.0. The Bertz CT molecular complexity index is 2540. The Morgan fingerprint density at radius 3 is 2.15 bits per heavy atom. The maximum Gasteiger partial charge on any atom is 0.226 e. The molecule has 358 valence electrons. The first-order valence-corrected chi connectivity index (χ1v) is 23.3. The Labute approximate surface area is 399 Å². The Morgan fingerprint density at radius 2 is 1.53 bits per heavy atom. The average Bonchev–Trinajstić information content (AvgIpc) is 3.32. The number of hydrogen-bond acceptors (Lipinski definition) is 13. The summed E-state index contributed by atoms with van der Waals surface area (Å²) in [5.41, 5.74) is 23.1. The quantitative estimate of drug-likeness (QED) is 0.0678. The van der Waals surface area contributed by atoms with Gasteiger partial charge in [0.1, 0.15) is 30.8 Å². The van der Waals surface area contributed by atoms with Crippen LogP contribution in [0.4, 0.5) is 0 Å². The summed E-state index contributed by atoms with van der Waals surface area (Å²) in [5.74, 6) is 3.15. The van der Waals surface area contributed by atoms with Crippen molar-refractivity contribution >= 4 is 29.2 Å². The van der Waals surface area contributed by atoms with Crippen LogP contribution >= 0.6 is 0 Å². The number of benzene rings is 3. The number of nitriles is 1. The highest BCUT2D eigenvalue weighted by atomic mass is 16.5. The lowest BCUT2D eigenvalue weighted by atomic mass is 9.88. The van der Waals surface area contributed by atoms with Gasteiger partial charge in [-0.05, 0) is 105 Å². The molecule has 0 fully saturated rings. The van der Waals surface area contributed by atoms with Gasteiger partial charge in [-0.25, -0.2) is 9.97 Å². The second-order valence-corrected chi connectivity index (χ2v) is 17.2. The van der Waals surface area contributed by atoms with E-state index in [1.165, 1.54) is 17.5 Å². The first-order valence-electron chi connectivity index (χ1n) is 23.3. The SMILES string of the molecule is CCCCc1ccc(C#Cc2nc(C)c(C(=O)C[C@@H](CCN)C(=O)N(C)[C@@H]3C(=O)C[C@@H](C)C(=O)N[C@H](C(=O)CCC#N)Cc4ccc(OCCN)c(c4)-c4cc3ccc4OCCN)c(C)n2)cc1. The van der Waals surface area contributed by atoms with E-state index >= 15 is 0 Å². The van der Waals surface area contributed by atoms with Crippen LogP contribution in [0.5, 0.6) is 11.5 Å². The van der Waals surface area contributed by atoms with Crippen LogP contribution in [-0.2, 0) is 32.0 Å². The number of aryl methyl sites for hydroxylation is 3. The molecule has 4 atom stereocenters. The number of carbonyl (C=O) groups excluding carboxylic acids is 5. The van der Waals surface area contributed by atoms with E-state index < -0.39 is 41.5 Å². The topological polar surface area (TPSA) is 247 Å². The summed E-state index contributed by atoms with van der Waals surface area (Å²) >= 11 is 0. The van der Waals surface area contributed by atoms with Gasteiger partial charge >= 0.3 is 0 Å². The summed E-state index contributed by atoms with van der Waals surface area (Å²) < 4.78 is 12.3. The van der Waals surface area contributed by atoms with E-state index in [4.69, 9.17) is 26.7 Å². The second-order valence-electron chi connectivity index (χ2n) is 17.2. The number of likely N-dealkylation sites (N-methyl/N-ethyl adjacent to an activating group) is 1. The van der Waals surface area contributed by atoms with Gasteiger partial charge < -0.3 is 36.9 Å². The molecule has 0 radical (unpaired) electrons. The highest BCUT2D eigenvalue weighted by Crippen LogP contribution is 2.41. The van der Waals surface area contributed by atoms with Crippen molar-refractivity contribution in [3.05, 3.63) is 106 Å². The first-order chi connectivity index (χ1) is 32.7. The van der Waals surface area contributed by atoms with Gasteiger partial charge in [0, 0.05) is 74.3 Å². The lowest BCUT2D eigenvalue weighted by Gasteiger charge is -2.32. The molecule has 0 unspecified atom stereocenters. The molecule has 1 aromatic heterocycles. The number of unbranched alkanes of at least 4 members (excludes halogenated alkanes) is 1. The van der Waals surface area contributed by atoms with Crippen LogP contribution in [0.1, 0.15) is 115 Å². The molecule has 4 aromatic rings. The van der Waals surface area contributed by atoms with Crippen LogP contribution in [0.25, 0.3) is 11.1 Å². The fourth-order valence-corrected chi connectivity index (χ4v) is 8.41. The molecule has 1 aliphatic heterocycles. The van der Waals surface area contributed by atoms with Gasteiger partial charge in [-0.3, -0.25) is 24.0 Å². The minimum atomic E-state index is -1.25. The maximum atomic E-state index is 14.8. The third kappa shape index (κ3) is 13.7. The molecule has 1 aliphatic rings. The van der Waals surface area contributed by atoms with Gasteiger partial charge in [-0.1, -0.05) is 50.5 Å². The standard InChI is InChI=1S/C53H64N8O7/c1-6-7-9-36-11-13-37(14-12-36)16-20-49-58-34(3)50(35(4)59-49)45(63)32-40(21-23-55)53(66)61(5)51-39-17-19-48(68-27-25-57)42(31-39)41-29-38(15-18-47(41)67-26-24-56)30-43(44(62)10-8-22-54)60-52(65)33(2)28-46(51)64/h11-15,17-19,29,31,33,40,43,51H,6-10,21,23-28,30,32,55-57H2,1-5H3,(H,60,65)/t33-,40-,43+,51+/m1/s1. The van der Waals surface area contributed by atoms with Crippen molar-refractivity contribution in [3.8, 4) is 40.5 Å². The number of ether oxygens (including phenoxy) is 2. The molecule has 7 N–H and O–H groups in total. The highest BCUT2D eigenvalue weighted by molar-refractivity contribution is 6.01. The van der Waals surface area contributed by atoms with Crippen LogP contribution in [0.3, 0.4) is 0 Å². The van der Waals surface area contributed by atoms with Crippen molar-refractivity contribution in [3.63, 3.8) is 0 Å². The zero-order chi connectivity index (χ0) is 49.3. The van der Waals surface area contributed by atoms with Crippen LogP contribution in [-0.4, -0.2) is 90.0 Å². The Balaban J connectivity index is 1.53. The van der Waals surface area contributed by atoms with Gasteiger partial charge in [0.2, 0.25) is 17.6 Å². The average molecular weight is 925 g/mol. The predicted molar refractivity (Wildman–Crippen MR) is 259 cm³/mol. The molecule has 2 amide bonds. The number of nitrogens with one attached hydrogen (secondary N) is 1. The number of aromatic nitrogens is 2. The molecule has 0 aliphatic carbocycles. The molecular weight excluding hydrogens is 861 g/mol. The smallest absolute Gasteiger partial charge is 0.226 e. The van der Waals surface area contributed by atoms with Crippen LogP contribution in [0.15, 0.2) is 60.7 Å². The number of hydrogen-bond donors (Lipinski definition) is 4. The van der Waals surface area contributed by atoms with Crippen molar-refractivity contribution in [2.45, 2.75) is 97.6 Å². The zero-order valence-electron chi connectivity index (χ0n) is 39.9. The maximum absolute atomic E-state index is 14.8. The van der Waals surface area contributed by atoms with E-state index in [2.05, 4.69) is 46.2 Å². The number of amides is 2. The number of Topliss-reactive ketones (excluding diaryl/α,β-unsaturated/α-hetero) is 3. The predicted octanol–water partition coefficient (Wildman–Crippen LogP) is 5.42. The lowest BCUT2D eigenvalue weighted by Crippen LogP contribution is -2.46. The van der Waals surface area contributed by atoms with E-state index in [0.717, 1.165) is 24.8 Å². The minimum absolute atomic E-state index is 0.0343. The van der Waals surface area contributed by atoms with Gasteiger partial charge in [0.25, 0.3) is 0 Å². The molecule has 3 aromatic carbocycles. The number of nitrogens with two attached hydrogens (primary N) is 3. The summed E-state index contributed by atoms with van der Waals surface area (Å²) in [6.07, 6.45) is 2.80. The molecule has 4 bridgehead atoms. The molecule has 68 heavy (non-hydrogen) atoms. The third-order valence-electron chi connectivity index (χ3n) is 12.0. The van der Waals surface area contributed by atoms with E-state index in [0.29, 0.717) is 45.1 Å². The Morgan fingerprint density at radius 1 is 0.882 bits per heavy atom.